The highest BCUT2D eigenvalue weighted by Gasteiger charge is 2.23. The van der Waals surface area contributed by atoms with Crippen molar-refractivity contribution in [2.24, 2.45) is 0 Å². The number of nitrogens with one attached hydrogen (secondary N) is 1. The molecular weight excluding hydrogens is 482 g/mol. The van der Waals surface area contributed by atoms with E-state index in [-0.39, 0.29) is 24.1 Å². The van der Waals surface area contributed by atoms with E-state index >= 15 is 0 Å². The second kappa shape index (κ2) is 11.0. The molecule has 0 unspecified atom stereocenters. The predicted molar refractivity (Wildman–Crippen MR) is 146 cm³/mol. The number of aromatic nitrogens is 3. The zero-order chi connectivity index (χ0) is 25.8. The molecule has 0 saturated heterocycles. The molecule has 0 saturated carbocycles. The summed E-state index contributed by atoms with van der Waals surface area (Å²) in [6.07, 6.45) is 1.95. The van der Waals surface area contributed by atoms with Gasteiger partial charge in [0.05, 0.1) is 12.3 Å². The summed E-state index contributed by atoms with van der Waals surface area (Å²) in [5.41, 5.74) is 5.90. The lowest BCUT2D eigenvalue weighted by atomic mass is 10.0. The first-order chi connectivity index (χ1) is 18.0. The van der Waals surface area contributed by atoms with Gasteiger partial charge in [0, 0.05) is 23.5 Å². The van der Waals surface area contributed by atoms with Crippen LogP contribution in [0.25, 0.3) is 5.69 Å². The van der Waals surface area contributed by atoms with Gasteiger partial charge >= 0.3 is 0 Å². The van der Waals surface area contributed by atoms with Gasteiger partial charge in [-0.1, -0.05) is 54.2 Å². The number of fused-ring (bicyclic) bond motifs is 1. The molecule has 2 amide bonds. The van der Waals surface area contributed by atoms with Crippen molar-refractivity contribution < 1.29 is 9.59 Å². The third kappa shape index (κ3) is 5.44. The van der Waals surface area contributed by atoms with Crippen LogP contribution in [0.3, 0.4) is 0 Å². The highest BCUT2D eigenvalue weighted by molar-refractivity contribution is 7.99. The quantitative estimate of drug-likeness (QED) is 0.358. The molecule has 4 aromatic rings. The maximum atomic E-state index is 13.2. The van der Waals surface area contributed by atoms with Crippen LogP contribution in [0.5, 0.6) is 0 Å². The summed E-state index contributed by atoms with van der Waals surface area (Å²) in [5, 5.41) is 12.3. The van der Waals surface area contributed by atoms with Crippen molar-refractivity contribution >= 4 is 29.3 Å². The summed E-state index contributed by atoms with van der Waals surface area (Å²) in [6.45, 7) is 4.94. The molecule has 0 aliphatic carbocycles. The minimum absolute atomic E-state index is 0.0457. The first kappa shape index (κ1) is 24.8. The van der Waals surface area contributed by atoms with E-state index in [1.807, 2.05) is 90.0 Å². The fourth-order valence-electron chi connectivity index (χ4n) is 4.49. The van der Waals surface area contributed by atoms with Gasteiger partial charge in [-0.3, -0.25) is 14.2 Å². The maximum Gasteiger partial charge on any atom is 0.251 e. The molecule has 2 heterocycles. The molecule has 3 aromatic carbocycles. The number of carbonyl (C=O) groups is 2. The van der Waals surface area contributed by atoms with Crippen molar-refractivity contribution in [2.45, 2.75) is 38.4 Å². The summed E-state index contributed by atoms with van der Waals surface area (Å²) in [5.74, 6) is 0.721. The van der Waals surface area contributed by atoms with Crippen molar-refractivity contribution in [3.63, 3.8) is 0 Å². The predicted octanol–water partition coefficient (Wildman–Crippen LogP) is 4.89. The Kier molecular flexibility index (Phi) is 7.37. The number of nitrogens with zero attached hydrogens (tertiary/aromatic N) is 4. The largest absolute Gasteiger partial charge is 0.345 e. The Labute approximate surface area is 220 Å². The molecule has 0 bridgehead atoms. The van der Waals surface area contributed by atoms with Gasteiger partial charge in [-0.15, -0.1) is 10.2 Å². The number of aryl methyl sites for hydroxylation is 3. The number of hydrogen-bond donors (Lipinski definition) is 1. The van der Waals surface area contributed by atoms with Gasteiger partial charge in [0.25, 0.3) is 5.91 Å². The van der Waals surface area contributed by atoms with Crippen LogP contribution < -0.4 is 10.2 Å². The lowest BCUT2D eigenvalue weighted by Gasteiger charge is -2.29. The van der Waals surface area contributed by atoms with Gasteiger partial charge in [-0.25, -0.2) is 0 Å². The van der Waals surface area contributed by atoms with E-state index in [0.717, 1.165) is 41.9 Å². The number of rotatable bonds is 7. The molecule has 0 atom stereocenters. The van der Waals surface area contributed by atoms with Gasteiger partial charge in [0.2, 0.25) is 5.91 Å². The number of benzene rings is 3. The number of para-hydroxylation sites is 2. The van der Waals surface area contributed by atoms with E-state index in [0.29, 0.717) is 16.5 Å². The van der Waals surface area contributed by atoms with Crippen molar-refractivity contribution in [3.8, 4) is 5.69 Å². The van der Waals surface area contributed by atoms with Crippen molar-refractivity contribution in [2.75, 3.05) is 17.2 Å². The average Bonchev–Trinajstić information content (AvgIpc) is 3.34. The second-order valence-electron chi connectivity index (χ2n) is 9.12. The van der Waals surface area contributed by atoms with Crippen LogP contribution >= 0.6 is 11.8 Å². The highest BCUT2D eigenvalue weighted by atomic mass is 32.2. The molecule has 188 valence electrons. The summed E-state index contributed by atoms with van der Waals surface area (Å²) in [7, 11) is 0. The van der Waals surface area contributed by atoms with E-state index in [4.69, 9.17) is 0 Å². The van der Waals surface area contributed by atoms with Crippen LogP contribution in [0, 0.1) is 13.8 Å². The van der Waals surface area contributed by atoms with Gasteiger partial charge in [-0.05, 0) is 73.7 Å². The minimum Gasteiger partial charge on any atom is -0.345 e. The van der Waals surface area contributed by atoms with E-state index in [9.17, 15) is 9.59 Å². The highest BCUT2D eigenvalue weighted by Crippen LogP contribution is 2.29. The Morgan fingerprint density at radius 2 is 1.73 bits per heavy atom. The first-order valence-electron chi connectivity index (χ1n) is 12.4. The molecular formula is C29H29N5O2S. The Morgan fingerprint density at radius 1 is 0.946 bits per heavy atom. The zero-order valence-electron chi connectivity index (χ0n) is 21.0. The van der Waals surface area contributed by atoms with Gasteiger partial charge in [-0.2, -0.15) is 0 Å². The van der Waals surface area contributed by atoms with Crippen LogP contribution in [0.4, 0.5) is 5.69 Å². The number of anilines is 1. The van der Waals surface area contributed by atoms with Crippen molar-refractivity contribution in [1.82, 2.24) is 20.1 Å². The normalized spacial score (nSPS) is 12.8. The van der Waals surface area contributed by atoms with E-state index in [1.165, 1.54) is 17.3 Å². The lowest BCUT2D eigenvalue weighted by molar-refractivity contribution is -0.116. The molecule has 1 aliphatic heterocycles. The summed E-state index contributed by atoms with van der Waals surface area (Å²) >= 11 is 1.36. The first-order valence-corrected chi connectivity index (χ1v) is 13.4. The molecule has 1 aliphatic rings. The molecule has 0 fully saturated rings. The van der Waals surface area contributed by atoms with E-state index < -0.39 is 0 Å². The average molecular weight is 512 g/mol. The van der Waals surface area contributed by atoms with E-state index in [2.05, 4.69) is 21.6 Å². The van der Waals surface area contributed by atoms with E-state index in [1.54, 1.807) is 0 Å². The summed E-state index contributed by atoms with van der Waals surface area (Å²) < 4.78 is 1.91. The molecule has 37 heavy (non-hydrogen) atoms. The molecule has 0 radical (unpaired) electrons. The lowest BCUT2D eigenvalue weighted by Crippen LogP contribution is -2.36. The Morgan fingerprint density at radius 3 is 2.54 bits per heavy atom. The molecule has 0 spiro atoms. The smallest absolute Gasteiger partial charge is 0.251 e. The SMILES string of the molecule is Cc1ccc(C(=O)NCc2nnc(SCC(=O)N3CCCc4ccccc43)n2-c2ccccc2)cc1C. The number of hydrogen-bond acceptors (Lipinski definition) is 5. The topological polar surface area (TPSA) is 80.1 Å². The molecule has 1 N–H and O–H groups in total. The van der Waals surface area contributed by atoms with Gasteiger partial charge < -0.3 is 10.2 Å². The van der Waals surface area contributed by atoms with Crippen LogP contribution in [0.15, 0.2) is 78.0 Å². The second-order valence-corrected chi connectivity index (χ2v) is 10.1. The van der Waals surface area contributed by atoms with Crippen LogP contribution in [0.2, 0.25) is 0 Å². The van der Waals surface area contributed by atoms with Gasteiger partial charge in [0.1, 0.15) is 0 Å². The van der Waals surface area contributed by atoms with Crippen LogP contribution in [-0.4, -0.2) is 38.9 Å². The van der Waals surface area contributed by atoms with Crippen molar-refractivity contribution in [1.29, 1.82) is 0 Å². The fourth-order valence-corrected chi connectivity index (χ4v) is 5.33. The Hall–Kier alpha value is -3.91. The third-order valence-corrected chi connectivity index (χ3v) is 7.54. The number of carbonyl (C=O) groups excluding carboxylic acids is 2. The monoisotopic (exact) mass is 511 g/mol. The maximum absolute atomic E-state index is 13.2. The number of amides is 2. The van der Waals surface area contributed by atoms with Crippen molar-refractivity contribution in [3.05, 3.63) is 101 Å². The molecule has 7 nitrogen and oxygen atoms in total. The fraction of sp³-hybridized carbons (Fsp3) is 0.241. The molecule has 8 heteroatoms. The Bertz CT molecular complexity index is 1430. The zero-order valence-corrected chi connectivity index (χ0v) is 21.8. The summed E-state index contributed by atoms with van der Waals surface area (Å²) in [6, 6.07) is 23.5. The molecule has 5 rings (SSSR count). The van der Waals surface area contributed by atoms with Gasteiger partial charge in [0.15, 0.2) is 11.0 Å². The minimum atomic E-state index is -0.168. The van der Waals surface area contributed by atoms with Crippen LogP contribution in [0.1, 0.15) is 39.3 Å². The Balaban J connectivity index is 1.33. The molecule has 1 aromatic heterocycles. The third-order valence-electron chi connectivity index (χ3n) is 6.63. The summed E-state index contributed by atoms with van der Waals surface area (Å²) in [4.78, 5) is 27.9. The number of thioether (sulfide) groups is 1. The van der Waals surface area contributed by atoms with Crippen LogP contribution in [-0.2, 0) is 17.8 Å². The standard InChI is InChI=1S/C29H29N5O2S/c1-20-14-15-23(17-21(20)2)28(36)30-18-26-31-32-29(34(26)24-11-4-3-5-12-24)37-19-27(35)33-16-8-10-22-9-6-7-13-25(22)33/h3-7,9,11-15,17H,8,10,16,18-19H2,1-2H3,(H,30,36).